The average Bonchev–Trinajstić information content (AvgIpc) is 2.96. The Balaban J connectivity index is 2.01. The third-order valence-electron chi connectivity index (χ3n) is 2.72. The molecular weight excluding hydrogens is 309 g/mol. The normalized spacial score (nSPS) is 11.8. The van der Waals surface area contributed by atoms with Gasteiger partial charge in [0.15, 0.2) is 5.76 Å². The highest BCUT2D eigenvalue weighted by Crippen LogP contribution is 2.28. The summed E-state index contributed by atoms with van der Waals surface area (Å²) in [5.41, 5.74) is 0.684. The van der Waals surface area contributed by atoms with Gasteiger partial charge >= 0.3 is 6.03 Å². The number of aromatic nitrogens is 1. The number of urea groups is 1. The molecule has 1 unspecified atom stereocenters. The molecule has 3 amide bonds. The fourth-order valence-corrected chi connectivity index (χ4v) is 2.26. The molecule has 6 nitrogen and oxygen atoms in total. The van der Waals surface area contributed by atoms with Crippen molar-refractivity contribution in [1.29, 1.82) is 0 Å². The summed E-state index contributed by atoms with van der Waals surface area (Å²) < 4.78 is 18.4. The SMILES string of the molecule is CNC(=O)NC(=O)C(C)Sc1ncc(-c2ccc(F)cc2)o1. The van der Waals surface area contributed by atoms with E-state index < -0.39 is 17.2 Å². The predicted molar refractivity (Wildman–Crippen MR) is 79.8 cm³/mol. The standard InChI is InChI=1S/C14H14FN3O3S/c1-8(12(19)18-13(20)16-2)22-14-17-7-11(21-14)9-3-5-10(15)6-4-9/h3-8H,1-2H3,(H2,16,18,19,20). The minimum absolute atomic E-state index is 0.291. The topological polar surface area (TPSA) is 84.2 Å². The zero-order valence-corrected chi connectivity index (χ0v) is 12.7. The van der Waals surface area contributed by atoms with Crippen LogP contribution in [0.4, 0.5) is 9.18 Å². The van der Waals surface area contributed by atoms with Gasteiger partial charge in [-0.3, -0.25) is 10.1 Å². The van der Waals surface area contributed by atoms with Crippen molar-refractivity contribution in [3.63, 3.8) is 0 Å². The number of hydrogen-bond acceptors (Lipinski definition) is 5. The maximum Gasteiger partial charge on any atom is 0.321 e. The van der Waals surface area contributed by atoms with Crippen molar-refractivity contribution in [2.24, 2.45) is 0 Å². The molecule has 22 heavy (non-hydrogen) atoms. The molecule has 1 aromatic carbocycles. The Bertz CT molecular complexity index is 672. The Hall–Kier alpha value is -2.35. The lowest BCUT2D eigenvalue weighted by Gasteiger charge is -2.08. The minimum atomic E-state index is -0.572. The summed E-state index contributed by atoms with van der Waals surface area (Å²) in [6.07, 6.45) is 1.50. The van der Waals surface area contributed by atoms with Gasteiger partial charge in [0.25, 0.3) is 5.22 Å². The van der Waals surface area contributed by atoms with Crippen molar-refractivity contribution in [1.82, 2.24) is 15.6 Å². The second-order valence-electron chi connectivity index (χ2n) is 4.33. The van der Waals surface area contributed by atoms with Gasteiger partial charge in [0.05, 0.1) is 11.4 Å². The number of hydrogen-bond donors (Lipinski definition) is 2. The Kier molecular flexibility index (Phi) is 5.16. The van der Waals surface area contributed by atoms with Crippen LogP contribution in [-0.4, -0.2) is 29.2 Å². The molecule has 2 aromatic rings. The molecule has 1 atom stereocenters. The van der Waals surface area contributed by atoms with Gasteiger partial charge in [0.2, 0.25) is 5.91 Å². The van der Waals surface area contributed by atoms with Gasteiger partial charge in [-0.2, -0.15) is 0 Å². The highest BCUT2D eigenvalue weighted by atomic mass is 32.2. The van der Waals surface area contributed by atoms with Crippen LogP contribution in [0.1, 0.15) is 6.92 Å². The molecular formula is C14H14FN3O3S. The second kappa shape index (κ2) is 7.08. The lowest BCUT2D eigenvalue weighted by atomic mass is 10.2. The predicted octanol–water partition coefficient (Wildman–Crippen LogP) is 2.42. The number of carbonyl (C=O) groups is 2. The van der Waals surface area contributed by atoms with E-state index in [2.05, 4.69) is 15.6 Å². The van der Waals surface area contributed by atoms with Crippen LogP contribution in [-0.2, 0) is 4.79 Å². The summed E-state index contributed by atoms with van der Waals surface area (Å²) in [7, 11) is 1.42. The number of halogens is 1. The van der Waals surface area contributed by atoms with E-state index in [1.54, 1.807) is 19.1 Å². The van der Waals surface area contributed by atoms with E-state index in [0.717, 1.165) is 11.8 Å². The van der Waals surface area contributed by atoms with E-state index in [-0.39, 0.29) is 5.82 Å². The Labute approximate surface area is 130 Å². The van der Waals surface area contributed by atoms with Crippen molar-refractivity contribution in [2.45, 2.75) is 17.4 Å². The van der Waals surface area contributed by atoms with Gasteiger partial charge in [-0.25, -0.2) is 14.2 Å². The van der Waals surface area contributed by atoms with Gasteiger partial charge < -0.3 is 9.73 Å². The fourth-order valence-electron chi connectivity index (χ4n) is 1.54. The lowest BCUT2D eigenvalue weighted by molar-refractivity contribution is -0.119. The number of nitrogens with zero attached hydrogens (tertiary/aromatic N) is 1. The molecule has 0 aliphatic rings. The maximum absolute atomic E-state index is 12.9. The number of benzene rings is 1. The van der Waals surface area contributed by atoms with Crippen LogP contribution < -0.4 is 10.6 Å². The average molecular weight is 323 g/mol. The van der Waals surface area contributed by atoms with Crippen molar-refractivity contribution < 1.29 is 18.4 Å². The molecule has 0 bridgehead atoms. The Morgan fingerprint density at radius 3 is 2.64 bits per heavy atom. The first kappa shape index (κ1) is 16.0. The zero-order chi connectivity index (χ0) is 16.1. The van der Waals surface area contributed by atoms with Crippen molar-refractivity contribution in [3.8, 4) is 11.3 Å². The number of rotatable bonds is 4. The van der Waals surface area contributed by atoms with Gasteiger partial charge in [-0.05, 0) is 31.2 Å². The largest absolute Gasteiger partial charge is 0.431 e. The quantitative estimate of drug-likeness (QED) is 0.844. The molecule has 0 fully saturated rings. The second-order valence-corrected chi connectivity index (χ2v) is 5.62. The number of nitrogens with one attached hydrogen (secondary N) is 2. The van der Waals surface area contributed by atoms with Crippen LogP contribution in [0.5, 0.6) is 0 Å². The first-order valence-electron chi connectivity index (χ1n) is 6.40. The van der Waals surface area contributed by atoms with E-state index in [4.69, 9.17) is 4.42 Å². The van der Waals surface area contributed by atoms with Crippen molar-refractivity contribution in [2.75, 3.05) is 7.05 Å². The molecule has 0 spiro atoms. The van der Waals surface area contributed by atoms with E-state index in [1.165, 1.54) is 25.4 Å². The minimum Gasteiger partial charge on any atom is -0.431 e. The number of imide groups is 1. The first-order valence-corrected chi connectivity index (χ1v) is 7.28. The highest BCUT2D eigenvalue weighted by Gasteiger charge is 2.19. The summed E-state index contributed by atoms with van der Waals surface area (Å²) in [5, 5.41) is 4.20. The number of thioether (sulfide) groups is 1. The Morgan fingerprint density at radius 1 is 1.32 bits per heavy atom. The van der Waals surface area contributed by atoms with Gasteiger partial charge in [-0.15, -0.1) is 0 Å². The number of carbonyl (C=O) groups excluding carboxylic acids is 2. The van der Waals surface area contributed by atoms with Crippen LogP contribution in [0.3, 0.4) is 0 Å². The van der Waals surface area contributed by atoms with Gasteiger partial charge in [-0.1, -0.05) is 11.8 Å². The number of oxazole rings is 1. The number of amides is 3. The molecule has 2 rings (SSSR count). The van der Waals surface area contributed by atoms with Crippen LogP contribution in [0.25, 0.3) is 11.3 Å². The van der Waals surface area contributed by atoms with E-state index >= 15 is 0 Å². The summed E-state index contributed by atoms with van der Waals surface area (Å²) >= 11 is 1.08. The summed E-state index contributed by atoms with van der Waals surface area (Å²) in [5.74, 6) is -0.315. The molecule has 8 heteroatoms. The molecule has 0 aliphatic carbocycles. The molecule has 116 valence electrons. The lowest BCUT2D eigenvalue weighted by Crippen LogP contribution is -2.41. The summed E-state index contributed by atoms with van der Waals surface area (Å²) in [4.78, 5) is 26.9. The van der Waals surface area contributed by atoms with Crippen LogP contribution >= 0.6 is 11.8 Å². The van der Waals surface area contributed by atoms with Gasteiger partial charge in [0.1, 0.15) is 5.82 Å². The van der Waals surface area contributed by atoms with Crippen molar-refractivity contribution >= 4 is 23.7 Å². The van der Waals surface area contributed by atoms with Gasteiger partial charge in [0, 0.05) is 12.6 Å². The molecule has 0 saturated heterocycles. The Morgan fingerprint density at radius 2 is 2.00 bits per heavy atom. The monoisotopic (exact) mass is 323 g/mol. The third kappa shape index (κ3) is 4.08. The first-order chi connectivity index (χ1) is 10.5. The molecule has 2 N–H and O–H groups in total. The van der Waals surface area contributed by atoms with E-state index in [0.29, 0.717) is 16.5 Å². The fraction of sp³-hybridized carbons (Fsp3) is 0.214. The summed E-state index contributed by atoms with van der Waals surface area (Å²) in [6.45, 7) is 1.63. The molecule has 1 heterocycles. The van der Waals surface area contributed by atoms with E-state index in [9.17, 15) is 14.0 Å². The van der Waals surface area contributed by atoms with Crippen LogP contribution in [0.2, 0.25) is 0 Å². The van der Waals surface area contributed by atoms with Crippen molar-refractivity contribution in [3.05, 3.63) is 36.3 Å². The van der Waals surface area contributed by atoms with Crippen LogP contribution in [0, 0.1) is 5.82 Å². The van der Waals surface area contributed by atoms with E-state index in [1.807, 2.05) is 0 Å². The molecule has 0 aliphatic heterocycles. The smallest absolute Gasteiger partial charge is 0.321 e. The molecule has 1 aromatic heterocycles. The third-order valence-corrected chi connectivity index (χ3v) is 3.68. The molecule has 0 saturated carbocycles. The highest BCUT2D eigenvalue weighted by molar-refractivity contribution is 8.00. The molecule has 0 radical (unpaired) electrons. The maximum atomic E-state index is 12.9. The van der Waals surface area contributed by atoms with Crippen LogP contribution in [0.15, 0.2) is 40.1 Å². The zero-order valence-electron chi connectivity index (χ0n) is 11.9. The summed E-state index contributed by atoms with van der Waals surface area (Å²) in [6, 6.07) is 5.23.